The second kappa shape index (κ2) is 16.0. The van der Waals surface area contributed by atoms with Crippen molar-refractivity contribution in [3.8, 4) is 11.5 Å². The standard InChI is InChI=1S/C37H40O8/c1-3-7-29(8-4-1)23-38-19-21-40-33-15-11-31(12-16-33)35-42-25-37(26-43-35)27-44-36(45-28-37)32-13-17-34(18-14-32)41-22-20-39-24-30-9-5-2-6-10-30/h1-18,35-36H,19-28H2. The highest BCUT2D eigenvalue weighted by Crippen LogP contribution is 2.38. The molecule has 0 radical (unpaired) electrons. The molecule has 0 unspecified atom stereocenters. The first-order valence-corrected chi connectivity index (χ1v) is 15.4. The zero-order chi connectivity index (χ0) is 30.6. The molecule has 0 saturated carbocycles. The summed E-state index contributed by atoms with van der Waals surface area (Å²) < 4.78 is 47.5. The van der Waals surface area contributed by atoms with Gasteiger partial charge < -0.3 is 37.9 Å². The lowest BCUT2D eigenvalue weighted by Crippen LogP contribution is -2.49. The third-order valence-corrected chi connectivity index (χ3v) is 7.68. The SMILES string of the molecule is c1ccc(COCCOc2ccc(C3OCC4(CO3)COC(c3ccc(OCCOCc5ccccc5)cc3)OC4)cc2)cc1. The van der Waals surface area contributed by atoms with E-state index in [1.54, 1.807) is 0 Å². The summed E-state index contributed by atoms with van der Waals surface area (Å²) in [6.45, 7) is 5.10. The van der Waals surface area contributed by atoms with Gasteiger partial charge in [0, 0.05) is 11.1 Å². The van der Waals surface area contributed by atoms with E-state index in [1.807, 2.05) is 109 Å². The summed E-state index contributed by atoms with van der Waals surface area (Å²) >= 11 is 0. The topological polar surface area (TPSA) is 73.8 Å². The van der Waals surface area contributed by atoms with Crippen LogP contribution in [-0.2, 0) is 41.6 Å². The molecule has 2 aliphatic heterocycles. The monoisotopic (exact) mass is 612 g/mol. The van der Waals surface area contributed by atoms with Gasteiger partial charge in [0.2, 0.25) is 0 Å². The molecule has 2 heterocycles. The van der Waals surface area contributed by atoms with Crippen molar-refractivity contribution < 1.29 is 37.9 Å². The third kappa shape index (κ3) is 9.14. The highest BCUT2D eigenvalue weighted by atomic mass is 16.7. The molecule has 45 heavy (non-hydrogen) atoms. The summed E-state index contributed by atoms with van der Waals surface area (Å²) in [6, 6.07) is 35.8. The van der Waals surface area contributed by atoms with Crippen LogP contribution in [0.3, 0.4) is 0 Å². The van der Waals surface area contributed by atoms with Crippen LogP contribution in [-0.4, -0.2) is 52.9 Å². The molecule has 0 atom stereocenters. The van der Waals surface area contributed by atoms with Gasteiger partial charge in [0.15, 0.2) is 12.6 Å². The van der Waals surface area contributed by atoms with E-state index in [4.69, 9.17) is 37.9 Å². The van der Waals surface area contributed by atoms with Crippen LogP contribution in [0.1, 0.15) is 34.8 Å². The molecule has 6 rings (SSSR count). The first-order valence-electron chi connectivity index (χ1n) is 15.4. The van der Waals surface area contributed by atoms with Gasteiger partial charge in [0.25, 0.3) is 0 Å². The molecule has 8 heteroatoms. The van der Waals surface area contributed by atoms with Crippen molar-refractivity contribution in [2.75, 3.05) is 52.9 Å². The second-order valence-electron chi connectivity index (χ2n) is 11.3. The van der Waals surface area contributed by atoms with Gasteiger partial charge in [-0.05, 0) is 35.4 Å². The van der Waals surface area contributed by atoms with Gasteiger partial charge in [-0.15, -0.1) is 0 Å². The Balaban J connectivity index is 0.867. The molecule has 1 spiro atoms. The van der Waals surface area contributed by atoms with Crippen LogP contribution >= 0.6 is 0 Å². The Morgan fingerprint density at radius 2 is 0.844 bits per heavy atom. The fourth-order valence-corrected chi connectivity index (χ4v) is 5.15. The van der Waals surface area contributed by atoms with Gasteiger partial charge in [0.05, 0.1) is 58.3 Å². The number of benzene rings is 4. The Labute approximate surface area is 264 Å². The van der Waals surface area contributed by atoms with Crippen LogP contribution in [0.2, 0.25) is 0 Å². The van der Waals surface area contributed by atoms with Crippen molar-refractivity contribution in [1.29, 1.82) is 0 Å². The quantitative estimate of drug-likeness (QED) is 0.147. The van der Waals surface area contributed by atoms with Crippen LogP contribution < -0.4 is 9.47 Å². The van der Waals surface area contributed by atoms with E-state index in [9.17, 15) is 0 Å². The molecule has 4 aromatic carbocycles. The van der Waals surface area contributed by atoms with Gasteiger partial charge in [-0.2, -0.15) is 0 Å². The van der Waals surface area contributed by atoms with Crippen molar-refractivity contribution in [1.82, 2.24) is 0 Å². The first kappa shape index (κ1) is 31.2. The predicted molar refractivity (Wildman–Crippen MR) is 168 cm³/mol. The fraction of sp³-hybridized carbons (Fsp3) is 0.351. The zero-order valence-electron chi connectivity index (χ0n) is 25.4. The van der Waals surface area contributed by atoms with Gasteiger partial charge in [0.1, 0.15) is 24.7 Å². The molecule has 0 amide bonds. The molecule has 0 aromatic heterocycles. The summed E-state index contributed by atoms with van der Waals surface area (Å²) in [5, 5.41) is 0. The lowest BCUT2D eigenvalue weighted by molar-refractivity contribution is -0.307. The molecule has 2 aliphatic rings. The number of hydrogen-bond acceptors (Lipinski definition) is 8. The maximum atomic E-state index is 6.12. The van der Waals surface area contributed by atoms with E-state index in [2.05, 4.69) is 0 Å². The number of ether oxygens (including phenoxy) is 8. The van der Waals surface area contributed by atoms with E-state index in [0.29, 0.717) is 66.1 Å². The first-order chi connectivity index (χ1) is 22.2. The van der Waals surface area contributed by atoms with Gasteiger partial charge >= 0.3 is 0 Å². The highest BCUT2D eigenvalue weighted by molar-refractivity contribution is 5.29. The Bertz CT molecular complexity index is 1280. The summed E-state index contributed by atoms with van der Waals surface area (Å²) in [4.78, 5) is 0. The fourth-order valence-electron chi connectivity index (χ4n) is 5.15. The molecule has 2 saturated heterocycles. The lowest BCUT2D eigenvalue weighted by atomic mass is 9.90. The number of hydrogen-bond donors (Lipinski definition) is 0. The largest absolute Gasteiger partial charge is 0.491 e. The average Bonchev–Trinajstić information content (AvgIpc) is 3.10. The lowest BCUT2D eigenvalue weighted by Gasteiger charge is -2.43. The zero-order valence-corrected chi connectivity index (χ0v) is 25.4. The van der Waals surface area contributed by atoms with Crippen molar-refractivity contribution >= 4 is 0 Å². The maximum Gasteiger partial charge on any atom is 0.183 e. The van der Waals surface area contributed by atoms with E-state index in [0.717, 1.165) is 33.8 Å². The normalized spacial score (nSPS) is 21.4. The number of rotatable bonds is 14. The Morgan fingerprint density at radius 1 is 0.467 bits per heavy atom. The molecule has 8 nitrogen and oxygen atoms in total. The van der Waals surface area contributed by atoms with Crippen molar-refractivity contribution in [3.05, 3.63) is 131 Å². The summed E-state index contributed by atoms with van der Waals surface area (Å²) in [5.41, 5.74) is 3.85. The minimum absolute atomic E-state index is 0.335. The predicted octanol–water partition coefficient (Wildman–Crippen LogP) is 6.66. The van der Waals surface area contributed by atoms with Crippen molar-refractivity contribution in [3.63, 3.8) is 0 Å². The molecule has 0 aliphatic carbocycles. The molecular weight excluding hydrogens is 572 g/mol. The van der Waals surface area contributed by atoms with E-state index < -0.39 is 12.6 Å². The van der Waals surface area contributed by atoms with Gasteiger partial charge in [-0.1, -0.05) is 84.9 Å². The van der Waals surface area contributed by atoms with Crippen LogP contribution in [0.4, 0.5) is 0 Å². The van der Waals surface area contributed by atoms with Crippen molar-refractivity contribution in [2.24, 2.45) is 5.41 Å². The van der Waals surface area contributed by atoms with E-state index >= 15 is 0 Å². The Morgan fingerprint density at radius 3 is 1.22 bits per heavy atom. The van der Waals surface area contributed by atoms with E-state index in [1.165, 1.54) is 0 Å². The summed E-state index contributed by atoms with van der Waals surface area (Å²) in [6.07, 6.45) is -0.874. The van der Waals surface area contributed by atoms with Crippen LogP contribution in [0, 0.1) is 5.41 Å². The molecule has 4 aromatic rings. The third-order valence-electron chi connectivity index (χ3n) is 7.68. The van der Waals surface area contributed by atoms with Crippen LogP contribution in [0.5, 0.6) is 11.5 Å². The van der Waals surface area contributed by atoms with Crippen LogP contribution in [0.25, 0.3) is 0 Å². The maximum absolute atomic E-state index is 6.12. The molecule has 2 fully saturated rings. The molecular formula is C37H40O8. The Hall–Kier alpha value is -3.76. The smallest absolute Gasteiger partial charge is 0.183 e. The van der Waals surface area contributed by atoms with Gasteiger partial charge in [-0.25, -0.2) is 0 Å². The highest BCUT2D eigenvalue weighted by Gasteiger charge is 2.42. The molecule has 236 valence electrons. The minimum atomic E-state index is -0.437. The minimum Gasteiger partial charge on any atom is -0.491 e. The van der Waals surface area contributed by atoms with E-state index in [-0.39, 0.29) is 5.41 Å². The molecule has 0 bridgehead atoms. The summed E-state index contributed by atoms with van der Waals surface area (Å²) in [5.74, 6) is 1.56. The van der Waals surface area contributed by atoms with Gasteiger partial charge in [-0.3, -0.25) is 0 Å². The Kier molecular flexibility index (Phi) is 11.1. The van der Waals surface area contributed by atoms with Crippen LogP contribution in [0.15, 0.2) is 109 Å². The van der Waals surface area contributed by atoms with Crippen molar-refractivity contribution in [2.45, 2.75) is 25.8 Å². The summed E-state index contributed by atoms with van der Waals surface area (Å²) in [7, 11) is 0. The average molecular weight is 613 g/mol. The second-order valence-corrected chi connectivity index (χ2v) is 11.3. The molecule has 0 N–H and O–H groups in total.